The van der Waals surface area contributed by atoms with Crippen molar-refractivity contribution in [2.75, 3.05) is 6.61 Å². The summed E-state index contributed by atoms with van der Waals surface area (Å²) < 4.78 is 30.9. The fraction of sp³-hybridized carbons (Fsp3) is 0.364. The molecule has 0 amide bonds. The molecule has 94 valence electrons. The van der Waals surface area contributed by atoms with Crippen molar-refractivity contribution >= 4 is 21.9 Å². The van der Waals surface area contributed by atoms with Crippen LogP contribution in [0.15, 0.2) is 16.6 Å². The molecule has 0 aromatic heterocycles. The molecule has 0 fully saturated rings. The number of carbonyl (C=O) groups is 1. The quantitative estimate of drug-likeness (QED) is 0.687. The van der Waals surface area contributed by atoms with Crippen LogP contribution in [-0.4, -0.2) is 17.7 Å². The molecule has 1 aromatic carbocycles. The molecule has 1 aromatic rings. The van der Waals surface area contributed by atoms with Gasteiger partial charge in [0.15, 0.2) is 0 Å². The van der Waals surface area contributed by atoms with Crippen LogP contribution in [0.25, 0.3) is 0 Å². The summed E-state index contributed by atoms with van der Waals surface area (Å²) in [5.74, 6) is -2.31. The van der Waals surface area contributed by atoms with E-state index in [-0.39, 0.29) is 23.1 Å². The Bertz CT molecular complexity index is 423. The average molecular weight is 309 g/mol. The van der Waals surface area contributed by atoms with Crippen LogP contribution in [0.5, 0.6) is 0 Å². The zero-order valence-corrected chi connectivity index (χ0v) is 10.6. The number of halogens is 3. The van der Waals surface area contributed by atoms with E-state index < -0.39 is 23.7 Å². The Morgan fingerprint density at radius 2 is 2.12 bits per heavy atom. The van der Waals surface area contributed by atoms with Gasteiger partial charge >= 0.3 is 5.97 Å². The molecule has 3 nitrogen and oxygen atoms in total. The predicted octanol–water partition coefficient (Wildman–Crippen LogP) is 2.71. The lowest BCUT2D eigenvalue weighted by molar-refractivity contribution is -0.145. The van der Waals surface area contributed by atoms with Crippen molar-refractivity contribution in [1.82, 2.24) is 0 Å². The van der Waals surface area contributed by atoms with Crippen molar-refractivity contribution < 1.29 is 23.4 Å². The second kappa shape index (κ2) is 6.07. The van der Waals surface area contributed by atoms with E-state index in [4.69, 9.17) is 0 Å². The van der Waals surface area contributed by atoms with Crippen molar-refractivity contribution in [1.29, 1.82) is 0 Å². The number of esters is 1. The molecule has 0 saturated heterocycles. The van der Waals surface area contributed by atoms with Crippen LogP contribution in [0.1, 0.15) is 25.0 Å². The Kier molecular flexibility index (Phi) is 5.02. The summed E-state index contributed by atoms with van der Waals surface area (Å²) in [6.07, 6.45) is -1.73. The van der Waals surface area contributed by atoms with E-state index >= 15 is 0 Å². The average Bonchev–Trinajstić information content (AvgIpc) is 2.23. The SMILES string of the molecule is CCOC(=O)CC(O)c1cc(Br)c(F)cc1F. The Labute approximate surface area is 106 Å². The number of ether oxygens (including phenoxy) is 1. The third-order valence-electron chi connectivity index (χ3n) is 2.06. The fourth-order valence-corrected chi connectivity index (χ4v) is 1.64. The summed E-state index contributed by atoms with van der Waals surface area (Å²) in [4.78, 5) is 11.1. The van der Waals surface area contributed by atoms with E-state index in [1.165, 1.54) is 0 Å². The molecule has 0 heterocycles. The van der Waals surface area contributed by atoms with Gasteiger partial charge in [-0.3, -0.25) is 4.79 Å². The number of aliphatic hydroxyl groups is 1. The topological polar surface area (TPSA) is 46.5 Å². The van der Waals surface area contributed by atoms with Gasteiger partial charge in [-0.05, 0) is 28.9 Å². The first-order chi connectivity index (χ1) is 7.95. The lowest BCUT2D eigenvalue weighted by Gasteiger charge is -2.12. The van der Waals surface area contributed by atoms with Gasteiger partial charge in [-0.25, -0.2) is 8.78 Å². The number of benzene rings is 1. The summed E-state index contributed by atoms with van der Waals surface area (Å²) in [5, 5.41) is 9.63. The van der Waals surface area contributed by atoms with Crippen LogP contribution in [0.2, 0.25) is 0 Å². The maximum absolute atomic E-state index is 13.3. The Morgan fingerprint density at radius 3 is 2.71 bits per heavy atom. The molecule has 6 heteroatoms. The number of hydrogen-bond donors (Lipinski definition) is 1. The van der Waals surface area contributed by atoms with Crippen molar-refractivity contribution in [2.45, 2.75) is 19.4 Å². The maximum Gasteiger partial charge on any atom is 0.308 e. The zero-order valence-electron chi connectivity index (χ0n) is 9.04. The highest BCUT2D eigenvalue weighted by molar-refractivity contribution is 9.10. The number of carbonyl (C=O) groups excluding carboxylic acids is 1. The maximum atomic E-state index is 13.3. The first kappa shape index (κ1) is 14.1. The highest BCUT2D eigenvalue weighted by atomic mass is 79.9. The molecule has 1 rings (SSSR count). The fourth-order valence-electron chi connectivity index (χ4n) is 1.28. The summed E-state index contributed by atoms with van der Waals surface area (Å²) in [6.45, 7) is 1.81. The smallest absolute Gasteiger partial charge is 0.308 e. The molecule has 1 atom stereocenters. The van der Waals surface area contributed by atoms with Gasteiger partial charge in [-0.15, -0.1) is 0 Å². The van der Waals surface area contributed by atoms with Crippen LogP contribution in [-0.2, 0) is 9.53 Å². The molecule has 1 N–H and O–H groups in total. The molecule has 0 saturated carbocycles. The lowest BCUT2D eigenvalue weighted by atomic mass is 10.1. The van der Waals surface area contributed by atoms with E-state index in [2.05, 4.69) is 20.7 Å². The Balaban J connectivity index is 2.85. The van der Waals surface area contributed by atoms with Gasteiger partial charge in [0.05, 0.1) is 23.6 Å². The van der Waals surface area contributed by atoms with E-state index in [0.717, 1.165) is 6.07 Å². The third-order valence-corrected chi connectivity index (χ3v) is 2.67. The zero-order chi connectivity index (χ0) is 13.0. The van der Waals surface area contributed by atoms with Gasteiger partial charge in [0.1, 0.15) is 11.6 Å². The van der Waals surface area contributed by atoms with Gasteiger partial charge in [0.25, 0.3) is 0 Å². The Hall–Kier alpha value is -1.01. The number of aliphatic hydroxyl groups excluding tert-OH is 1. The van der Waals surface area contributed by atoms with E-state index in [1.807, 2.05) is 0 Å². The highest BCUT2D eigenvalue weighted by Crippen LogP contribution is 2.26. The second-order valence-electron chi connectivity index (χ2n) is 3.31. The van der Waals surface area contributed by atoms with E-state index in [9.17, 15) is 18.7 Å². The van der Waals surface area contributed by atoms with Gasteiger partial charge in [0.2, 0.25) is 0 Å². The molecule has 0 spiro atoms. The second-order valence-corrected chi connectivity index (χ2v) is 4.17. The first-order valence-electron chi connectivity index (χ1n) is 4.93. The lowest BCUT2D eigenvalue weighted by Crippen LogP contribution is -2.11. The largest absolute Gasteiger partial charge is 0.466 e. The van der Waals surface area contributed by atoms with Crippen molar-refractivity contribution in [2.24, 2.45) is 0 Å². The van der Waals surface area contributed by atoms with Gasteiger partial charge in [0, 0.05) is 11.6 Å². The number of rotatable bonds is 4. The van der Waals surface area contributed by atoms with Crippen molar-refractivity contribution in [3.05, 3.63) is 33.8 Å². The molecule has 0 aliphatic rings. The van der Waals surface area contributed by atoms with Gasteiger partial charge in [-0.2, -0.15) is 0 Å². The van der Waals surface area contributed by atoms with Crippen LogP contribution >= 0.6 is 15.9 Å². The van der Waals surface area contributed by atoms with Crippen LogP contribution in [0.4, 0.5) is 8.78 Å². The number of hydrogen-bond acceptors (Lipinski definition) is 3. The minimum absolute atomic E-state index is 0.0248. The minimum atomic E-state index is -1.36. The predicted molar refractivity (Wildman–Crippen MR) is 60.3 cm³/mol. The van der Waals surface area contributed by atoms with Crippen LogP contribution < -0.4 is 0 Å². The molecular weight excluding hydrogens is 298 g/mol. The minimum Gasteiger partial charge on any atom is -0.466 e. The molecule has 0 aliphatic carbocycles. The summed E-state index contributed by atoms with van der Waals surface area (Å²) in [5.41, 5.74) is -0.147. The van der Waals surface area contributed by atoms with E-state index in [0.29, 0.717) is 6.07 Å². The summed E-state index contributed by atoms with van der Waals surface area (Å²) >= 11 is 2.88. The van der Waals surface area contributed by atoms with Gasteiger partial charge < -0.3 is 9.84 Å². The summed E-state index contributed by atoms with van der Waals surface area (Å²) in [7, 11) is 0. The van der Waals surface area contributed by atoms with Crippen LogP contribution in [0, 0.1) is 11.6 Å². The van der Waals surface area contributed by atoms with Crippen molar-refractivity contribution in [3.8, 4) is 0 Å². The van der Waals surface area contributed by atoms with Gasteiger partial charge in [-0.1, -0.05) is 0 Å². The van der Waals surface area contributed by atoms with E-state index in [1.54, 1.807) is 6.92 Å². The van der Waals surface area contributed by atoms with Crippen LogP contribution in [0.3, 0.4) is 0 Å². The molecule has 0 radical (unpaired) electrons. The highest BCUT2D eigenvalue weighted by Gasteiger charge is 2.19. The summed E-state index contributed by atoms with van der Waals surface area (Å²) in [6, 6.07) is 1.75. The third kappa shape index (κ3) is 3.74. The first-order valence-corrected chi connectivity index (χ1v) is 5.73. The van der Waals surface area contributed by atoms with Crippen molar-refractivity contribution in [3.63, 3.8) is 0 Å². The molecule has 0 bridgehead atoms. The molecular formula is C11H11BrF2O3. The monoisotopic (exact) mass is 308 g/mol. The standard InChI is InChI=1S/C11H11BrF2O3/c1-2-17-11(16)5-10(15)6-3-7(12)9(14)4-8(6)13/h3-4,10,15H,2,5H2,1H3. The molecule has 17 heavy (non-hydrogen) atoms. The molecule has 0 aliphatic heterocycles. The molecule has 1 unspecified atom stereocenters. The Morgan fingerprint density at radius 1 is 1.47 bits per heavy atom. The normalized spacial score (nSPS) is 12.3.